The molecule has 3 aromatic carbocycles. The Morgan fingerprint density at radius 2 is 1.67 bits per heavy atom. The van der Waals surface area contributed by atoms with E-state index in [0.717, 1.165) is 18.4 Å². The number of ether oxygens (including phenoxy) is 1. The van der Waals surface area contributed by atoms with Crippen molar-refractivity contribution in [3.63, 3.8) is 0 Å². The summed E-state index contributed by atoms with van der Waals surface area (Å²) < 4.78 is 5.58. The summed E-state index contributed by atoms with van der Waals surface area (Å²) in [6.07, 6.45) is 1.61. The zero-order valence-electron chi connectivity index (χ0n) is 18.5. The van der Waals surface area contributed by atoms with Gasteiger partial charge >= 0.3 is 0 Å². The molecule has 0 aliphatic heterocycles. The number of rotatable bonds is 9. The van der Waals surface area contributed by atoms with Crippen molar-refractivity contribution in [2.75, 3.05) is 18.5 Å². The first-order valence-corrected chi connectivity index (χ1v) is 11.2. The number of para-hydroxylation sites is 1. The van der Waals surface area contributed by atoms with Gasteiger partial charge in [0, 0.05) is 12.1 Å². The van der Waals surface area contributed by atoms with E-state index < -0.39 is 0 Å². The molecular weight excluding hydrogens is 434 g/mol. The zero-order chi connectivity index (χ0) is 23.5. The summed E-state index contributed by atoms with van der Waals surface area (Å²) in [6, 6.07) is 23.9. The molecule has 6 nitrogen and oxygen atoms in total. The number of nitrogens with one attached hydrogen (secondary N) is 3. The van der Waals surface area contributed by atoms with Crippen LogP contribution in [0.5, 0.6) is 5.75 Å². The molecule has 0 saturated heterocycles. The lowest BCUT2D eigenvalue weighted by Crippen LogP contribution is -2.35. The van der Waals surface area contributed by atoms with Gasteiger partial charge in [-0.3, -0.25) is 14.9 Å². The fourth-order valence-corrected chi connectivity index (χ4v) is 3.33. The molecule has 0 spiro atoms. The van der Waals surface area contributed by atoms with E-state index in [2.05, 4.69) is 16.0 Å². The third kappa shape index (κ3) is 7.43. The normalized spacial score (nSPS) is 10.2. The Labute approximate surface area is 199 Å². The van der Waals surface area contributed by atoms with Crippen molar-refractivity contribution in [1.29, 1.82) is 0 Å². The number of carbonyl (C=O) groups is 2. The van der Waals surface area contributed by atoms with Crippen LogP contribution in [-0.4, -0.2) is 30.1 Å². The minimum atomic E-state index is -0.362. The molecule has 0 aliphatic carbocycles. The van der Waals surface area contributed by atoms with Crippen molar-refractivity contribution in [2.45, 2.75) is 19.8 Å². The standard InChI is InChI=1S/C26H27N3O3S/c1-2-17-32-21-12-8-11-20(18-21)24(30)29-26(33)28-23-14-7-6-13-22(23)25(31)27-16-15-19-9-4-3-5-10-19/h3-14,18H,2,15-17H2,1H3,(H,27,31)(H2,28,29,30,33). The zero-order valence-corrected chi connectivity index (χ0v) is 19.3. The van der Waals surface area contributed by atoms with Crippen molar-refractivity contribution in [2.24, 2.45) is 0 Å². The molecule has 0 heterocycles. The van der Waals surface area contributed by atoms with Gasteiger partial charge in [0.1, 0.15) is 5.75 Å². The first kappa shape index (κ1) is 23.9. The maximum atomic E-state index is 12.7. The van der Waals surface area contributed by atoms with Crippen LogP contribution in [0.4, 0.5) is 5.69 Å². The van der Waals surface area contributed by atoms with E-state index in [1.165, 1.54) is 0 Å². The van der Waals surface area contributed by atoms with Crippen LogP contribution in [0.2, 0.25) is 0 Å². The fraction of sp³-hybridized carbons (Fsp3) is 0.192. The first-order valence-electron chi connectivity index (χ1n) is 10.8. The molecule has 7 heteroatoms. The largest absolute Gasteiger partial charge is 0.494 e. The summed E-state index contributed by atoms with van der Waals surface area (Å²) in [5, 5.41) is 8.64. The monoisotopic (exact) mass is 461 g/mol. The van der Waals surface area contributed by atoms with E-state index in [9.17, 15) is 9.59 Å². The minimum absolute atomic E-state index is 0.101. The first-order chi connectivity index (χ1) is 16.1. The van der Waals surface area contributed by atoms with Crippen molar-refractivity contribution in [3.8, 4) is 5.75 Å². The second kappa shape index (κ2) is 12.4. The van der Waals surface area contributed by atoms with Crippen LogP contribution >= 0.6 is 12.2 Å². The maximum Gasteiger partial charge on any atom is 0.257 e. The Morgan fingerprint density at radius 1 is 0.909 bits per heavy atom. The molecule has 0 fully saturated rings. The third-order valence-corrected chi connectivity index (χ3v) is 4.96. The molecule has 0 saturated carbocycles. The number of benzene rings is 3. The molecule has 0 aliphatic rings. The summed E-state index contributed by atoms with van der Waals surface area (Å²) in [4.78, 5) is 25.3. The number of anilines is 1. The van der Waals surface area contributed by atoms with Crippen LogP contribution in [0, 0.1) is 0 Å². The van der Waals surface area contributed by atoms with E-state index >= 15 is 0 Å². The fourth-order valence-electron chi connectivity index (χ4n) is 3.13. The molecule has 0 unspecified atom stereocenters. The van der Waals surface area contributed by atoms with Crippen LogP contribution in [0.25, 0.3) is 0 Å². The molecule has 3 N–H and O–H groups in total. The number of thiocarbonyl (C=S) groups is 1. The highest BCUT2D eigenvalue weighted by atomic mass is 32.1. The highest BCUT2D eigenvalue weighted by Crippen LogP contribution is 2.16. The maximum absolute atomic E-state index is 12.7. The van der Waals surface area contributed by atoms with E-state index in [4.69, 9.17) is 17.0 Å². The number of amides is 2. The second-order valence-electron chi connectivity index (χ2n) is 7.32. The van der Waals surface area contributed by atoms with Gasteiger partial charge < -0.3 is 15.4 Å². The second-order valence-corrected chi connectivity index (χ2v) is 7.73. The molecule has 0 aromatic heterocycles. The highest BCUT2D eigenvalue weighted by molar-refractivity contribution is 7.80. The summed E-state index contributed by atoms with van der Waals surface area (Å²) in [5.74, 6) is 0.0454. The van der Waals surface area contributed by atoms with Crippen molar-refractivity contribution >= 4 is 34.8 Å². The predicted octanol–water partition coefficient (Wildman–Crippen LogP) is 4.57. The van der Waals surface area contributed by atoms with Gasteiger partial charge in [0.2, 0.25) is 0 Å². The van der Waals surface area contributed by atoms with Gasteiger partial charge in [-0.05, 0) is 61.0 Å². The number of carbonyl (C=O) groups excluding carboxylic acids is 2. The van der Waals surface area contributed by atoms with Crippen LogP contribution in [0.3, 0.4) is 0 Å². The molecule has 33 heavy (non-hydrogen) atoms. The van der Waals surface area contributed by atoms with Gasteiger partial charge in [-0.25, -0.2) is 0 Å². The average molecular weight is 462 g/mol. The number of hydrogen-bond acceptors (Lipinski definition) is 4. The van der Waals surface area contributed by atoms with E-state index in [1.54, 1.807) is 48.5 Å². The van der Waals surface area contributed by atoms with E-state index in [-0.39, 0.29) is 16.9 Å². The minimum Gasteiger partial charge on any atom is -0.494 e. The Balaban J connectivity index is 1.57. The highest BCUT2D eigenvalue weighted by Gasteiger charge is 2.14. The Kier molecular flexibility index (Phi) is 8.97. The van der Waals surface area contributed by atoms with Gasteiger partial charge in [0.05, 0.1) is 17.9 Å². The van der Waals surface area contributed by atoms with E-state index in [0.29, 0.717) is 35.7 Å². The summed E-state index contributed by atoms with van der Waals surface area (Å²) in [5.41, 5.74) is 2.54. The van der Waals surface area contributed by atoms with Crippen molar-refractivity contribution < 1.29 is 14.3 Å². The third-order valence-electron chi connectivity index (χ3n) is 4.76. The number of hydrogen-bond donors (Lipinski definition) is 3. The van der Waals surface area contributed by atoms with Crippen molar-refractivity contribution in [3.05, 3.63) is 95.6 Å². The van der Waals surface area contributed by atoms with Crippen LogP contribution in [-0.2, 0) is 6.42 Å². The molecule has 170 valence electrons. The van der Waals surface area contributed by atoms with Gasteiger partial charge in [-0.1, -0.05) is 55.5 Å². The van der Waals surface area contributed by atoms with Gasteiger partial charge in [0.15, 0.2) is 5.11 Å². The van der Waals surface area contributed by atoms with Crippen LogP contribution in [0.1, 0.15) is 39.6 Å². The van der Waals surface area contributed by atoms with Crippen LogP contribution in [0.15, 0.2) is 78.9 Å². The molecule has 3 aromatic rings. The summed E-state index contributed by atoms with van der Waals surface area (Å²) >= 11 is 5.31. The van der Waals surface area contributed by atoms with Gasteiger partial charge in [0.25, 0.3) is 11.8 Å². The smallest absolute Gasteiger partial charge is 0.257 e. The van der Waals surface area contributed by atoms with E-state index in [1.807, 2.05) is 37.3 Å². The summed E-state index contributed by atoms with van der Waals surface area (Å²) in [6.45, 7) is 3.10. The molecule has 0 radical (unpaired) electrons. The molecular formula is C26H27N3O3S. The topological polar surface area (TPSA) is 79.5 Å². The Morgan fingerprint density at radius 3 is 2.45 bits per heavy atom. The average Bonchev–Trinajstić information content (AvgIpc) is 2.83. The lowest BCUT2D eigenvalue weighted by molar-refractivity contribution is 0.0953. The SMILES string of the molecule is CCCOc1cccc(C(=O)NC(=S)Nc2ccccc2C(=O)NCCc2ccccc2)c1. The lowest BCUT2D eigenvalue weighted by Gasteiger charge is -2.14. The van der Waals surface area contributed by atoms with Gasteiger partial charge in [-0.2, -0.15) is 0 Å². The molecule has 0 bridgehead atoms. The molecule has 2 amide bonds. The van der Waals surface area contributed by atoms with Crippen LogP contribution < -0.4 is 20.7 Å². The molecule has 0 atom stereocenters. The Bertz CT molecular complexity index is 1100. The Hall–Kier alpha value is -3.71. The lowest BCUT2D eigenvalue weighted by atomic mass is 10.1. The van der Waals surface area contributed by atoms with Gasteiger partial charge in [-0.15, -0.1) is 0 Å². The quantitative estimate of drug-likeness (QED) is 0.407. The summed E-state index contributed by atoms with van der Waals surface area (Å²) in [7, 11) is 0. The van der Waals surface area contributed by atoms with Crippen molar-refractivity contribution in [1.82, 2.24) is 10.6 Å². The molecule has 3 rings (SSSR count). The predicted molar refractivity (Wildman–Crippen MR) is 135 cm³/mol.